The van der Waals surface area contributed by atoms with Crippen molar-refractivity contribution in [1.82, 2.24) is 29.9 Å². The van der Waals surface area contributed by atoms with Gasteiger partial charge in [0.25, 0.3) is 11.7 Å². The summed E-state index contributed by atoms with van der Waals surface area (Å²) in [5.74, 6) is 0.403. The topological polar surface area (TPSA) is 210 Å². The van der Waals surface area contributed by atoms with E-state index in [-0.39, 0.29) is 43.1 Å². The molecule has 4 heterocycles. The highest BCUT2D eigenvalue weighted by atomic mass is 16.8. The molecule has 47 heavy (non-hydrogen) atoms. The Kier molecular flexibility index (Phi) is 7.75. The number of oxazole rings is 1. The van der Waals surface area contributed by atoms with Crippen LogP contribution in [0.1, 0.15) is 24.1 Å². The number of ether oxygens (including phenoxy) is 2. The number of aryl methyl sites for hydroxylation is 1. The van der Waals surface area contributed by atoms with Gasteiger partial charge < -0.3 is 30.6 Å². The molecule has 15 nitrogen and oxygen atoms in total. The van der Waals surface area contributed by atoms with Gasteiger partial charge in [0, 0.05) is 29.2 Å². The van der Waals surface area contributed by atoms with Crippen LogP contribution in [0.25, 0.3) is 44.6 Å². The maximum absolute atomic E-state index is 12.6. The Balaban J connectivity index is 0.961. The molecule has 0 bridgehead atoms. The first-order valence-corrected chi connectivity index (χ1v) is 14.6. The van der Waals surface area contributed by atoms with Gasteiger partial charge in [0.15, 0.2) is 17.8 Å². The lowest BCUT2D eigenvalue weighted by Crippen LogP contribution is -2.29. The molecule has 0 radical (unpaired) electrons. The predicted octanol–water partition coefficient (Wildman–Crippen LogP) is 4.19. The molecule has 4 N–H and O–H groups in total. The number of nitrogens with two attached hydrogens (primary N) is 2. The van der Waals surface area contributed by atoms with Crippen molar-refractivity contribution in [2.75, 3.05) is 11.5 Å². The number of carbonyl (C=O) groups is 1. The van der Waals surface area contributed by atoms with Gasteiger partial charge in [0.1, 0.15) is 35.7 Å². The van der Waals surface area contributed by atoms with Crippen molar-refractivity contribution < 1.29 is 28.2 Å². The van der Waals surface area contributed by atoms with Gasteiger partial charge in [-0.05, 0) is 47.2 Å². The van der Waals surface area contributed by atoms with Gasteiger partial charge in [0.2, 0.25) is 5.69 Å². The lowest BCUT2D eigenvalue weighted by Gasteiger charge is -2.08. The molecule has 0 saturated carbocycles. The van der Waals surface area contributed by atoms with Crippen LogP contribution in [0.3, 0.4) is 0 Å². The number of aromatic nitrogens is 7. The molecule has 7 rings (SSSR count). The molecular weight excluding hydrogens is 606 g/mol. The van der Waals surface area contributed by atoms with Crippen LogP contribution in [0.15, 0.2) is 88.2 Å². The molecule has 0 unspecified atom stereocenters. The second kappa shape index (κ2) is 12.5. The van der Waals surface area contributed by atoms with E-state index in [2.05, 4.69) is 20.1 Å². The highest BCUT2D eigenvalue weighted by molar-refractivity contribution is 5.99. The lowest BCUT2D eigenvalue weighted by atomic mass is 10.1. The predicted molar refractivity (Wildman–Crippen MR) is 168 cm³/mol. The van der Waals surface area contributed by atoms with Crippen molar-refractivity contribution in [2.24, 2.45) is 0 Å². The molecule has 3 aromatic carbocycles. The second-order valence-corrected chi connectivity index (χ2v) is 10.6. The molecule has 0 aliphatic rings. The Bertz CT molecular complexity index is 2210. The van der Waals surface area contributed by atoms with Crippen LogP contribution in [0, 0.1) is 5.21 Å². The molecule has 0 amide bonds. The summed E-state index contributed by atoms with van der Waals surface area (Å²) in [6, 6.07) is 21.8. The summed E-state index contributed by atoms with van der Waals surface area (Å²) in [5, 5.41) is 21.4. The van der Waals surface area contributed by atoms with E-state index in [1.165, 1.54) is 6.33 Å². The maximum atomic E-state index is 12.6. The first kappa shape index (κ1) is 29.2. The highest BCUT2D eigenvalue weighted by Gasteiger charge is 2.22. The summed E-state index contributed by atoms with van der Waals surface area (Å²) in [6.07, 6.45) is 1.97. The first-order chi connectivity index (χ1) is 22.9. The van der Waals surface area contributed by atoms with Gasteiger partial charge in [-0.1, -0.05) is 42.5 Å². The number of fused-ring (bicyclic) bond motifs is 2. The third kappa shape index (κ3) is 6.09. The first-order valence-electron chi connectivity index (χ1n) is 14.6. The number of carbonyl (C=O) groups excluding carboxylic acids is 1. The van der Waals surface area contributed by atoms with Gasteiger partial charge in [-0.15, -0.1) is 0 Å². The fourth-order valence-corrected chi connectivity index (χ4v) is 5.17. The van der Waals surface area contributed by atoms with Gasteiger partial charge in [-0.2, -0.15) is 10.1 Å². The standard InChI is InChI=1S/C32H27N9O6/c33-30-27-29(21-11-12-25-23(15-21)37-32(34)46-25)38-40(31(27)36-18-35-30)13-5-10-26(42)45-16-19-6-4-9-22(14-19)44-17-24-28(39-47-41(24)43)20-7-2-1-3-8-20/h1-4,6-9,11-12,14-15,18H,5,10,13,16-17H2,(H2,34,37)(H2,33,35,36). The average Bonchev–Trinajstić information content (AvgIpc) is 3.77. The molecule has 7 aromatic rings. The van der Waals surface area contributed by atoms with E-state index in [1.54, 1.807) is 28.9 Å². The number of rotatable bonds is 11. The molecule has 0 spiro atoms. The summed E-state index contributed by atoms with van der Waals surface area (Å²) in [5.41, 5.74) is 17.0. The van der Waals surface area contributed by atoms with Crippen LogP contribution >= 0.6 is 0 Å². The normalized spacial score (nSPS) is 11.3. The number of benzene rings is 3. The van der Waals surface area contributed by atoms with E-state index in [1.807, 2.05) is 48.5 Å². The molecule has 236 valence electrons. The van der Waals surface area contributed by atoms with Crippen molar-refractivity contribution >= 4 is 39.9 Å². The third-order valence-electron chi connectivity index (χ3n) is 7.41. The van der Waals surface area contributed by atoms with E-state index in [4.69, 9.17) is 35.1 Å². The van der Waals surface area contributed by atoms with E-state index < -0.39 is 0 Å². The van der Waals surface area contributed by atoms with Crippen molar-refractivity contribution in [3.8, 4) is 28.3 Å². The zero-order valence-corrected chi connectivity index (χ0v) is 24.8. The highest BCUT2D eigenvalue weighted by Crippen LogP contribution is 2.32. The number of nitrogens with zero attached hydrogens (tertiary/aromatic N) is 7. The lowest BCUT2D eigenvalue weighted by molar-refractivity contribution is -0.808. The quantitative estimate of drug-likeness (QED) is 0.151. The fourth-order valence-electron chi connectivity index (χ4n) is 5.17. The van der Waals surface area contributed by atoms with Crippen LogP contribution in [0.4, 0.5) is 11.8 Å². The summed E-state index contributed by atoms with van der Waals surface area (Å²) in [4.78, 5) is 25.7. The number of anilines is 2. The SMILES string of the molecule is Nc1nc2cc(-c3nn(CCCC(=O)OCc4cccc(OCc5c(-c6ccccc6)no[n+]5[O-])c4)c4ncnc(N)c34)ccc2o1. The molecule has 0 aliphatic carbocycles. The van der Waals surface area contributed by atoms with Crippen molar-refractivity contribution in [3.63, 3.8) is 0 Å². The second-order valence-electron chi connectivity index (χ2n) is 10.6. The zero-order valence-electron chi connectivity index (χ0n) is 24.8. The average molecular weight is 634 g/mol. The van der Waals surface area contributed by atoms with Crippen LogP contribution in [-0.4, -0.2) is 35.9 Å². The summed E-state index contributed by atoms with van der Waals surface area (Å²) >= 11 is 0. The van der Waals surface area contributed by atoms with Crippen molar-refractivity contribution in [2.45, 2.75) is 32.6 Å². The summed E-state index contributed by atoms with van der Waals surface area (Å²) < 4.78 is 23.2. The minimum atomic E-state index is -0.374. The Morgan fingerprint density at radius 3 is 2.70 bits per heavy atom. The zero-order chi connectivity index (χ0) is 32.3. The molecular formula is C32H27N9O6. The Morgan fingerprint density at radius 2 is 1.83 bits per heavy atom. The Morgan fingerprint density at radius 1 is 0.957 bits per heavy atom. The van der Waals surface area contributed by atoms with Gasteiger partial charge in [0.05, 0.1) is 5.39 Å². The van der Waals surface area contributed by atoms with Crippen molar-refractivity contribution in [1.29, 1.82) is 0 Å². The third-order valence-corrected chi connectivity index (χ3v) is 7.41. The Hall–Kier alpha value is -6.51. The summed E-state index contributed by atoms with van der Waals surface area (Å²) in [6.45, 7) is 0.371. The molecule has 15 heteroatoms. The monoisotopic (exact) mass is 633 g/mol. The molecule has 0 atom stereocenters. The van der Waals surface area contributed by atoms with Gasteiger partial charge in [-0.3, -0.25) is 9.42 Å². The van der Waals surface area contributed by atoms with Crippen molar-refractivity contribution in [3.05, 3.63) is 95.6 Å². The Labute approximate surface area is 265 Å². The van der Waals surface area contributed by atoms with Crippen LogP contribution in [-0.2, 0) is 29.3 Å². The minimum Gasteiger partial charge on any atom is -0.485 e. The number of esters is 1. The molecule has 4 aromatic heterocycles. The van der Waals surface area contributed by atoms with E-state index in [9.17, 15) is 10.0 Å². The van der Waals surface area contributed by atoms with Crippen LogP contribution in [0.5, 0.6) is 5.75 Å². The van der Waals surface area contributed by atoms with E-state index in [0.717, 1.165) is 16.7 Å². The number of hydrogen-bond acceptors (Lipinski definition) is 13. The fraction of sp³-hybridized carbons (Fsp3) is 0.156. The van der Waals surface area contributed by atoms with Gasteiger partial charge >= 0.3 is 5.97 Å². The van der Waals surface area contributed by atoms with Gasteiger partial charge in [-0.25, -0.2) is 14.6 Å². The smallest absolute Gasteiger partial charge is 0.306 e. The molecule has 0 saturated heterocycles. The number of hydrogen-bond donors (Lipinski definition) is 2. The van der Waals surface area contributed by atoms with Crippen LogP contribution < -0.4 is 21.1 Å². The minimum absolute atomic E-state index is 0.0494. The number of nitrogen functional groups attached to an aromatic ring is 2. The largest absolute Gasteiger partial charge is 0.485 e. The molecule has 0 aliphatic heterocycles. The maximum Gasteiger partial charge on any atom is 0.306 e. The summed E-state index contributed by atoms with van der Waals surface area (Å²) in [7, 11) is 0. The van der Waals surface area contributed by atoms with Crippen LogP contribution in [0.2, 0.25) is 0 Å². The molecule has 0 fully saturated rings. The van der Waals surface area contributed by atoms with E-state index >= 15 is 0 Å². The van der Waals surface area contributed by atoms with E-state index in [0.29, 0.717) is 57.1 Å².